The SMILES string of the molecule is COC(=O)C(C)(C)C[C@H](C)SCC(O)CO. The van der Waals surface area contributed by atoms with Crippen molar-refractivity contribution in [1.82, 2.24) is 0 Å². The molecule has 4 nitrogen and oxygen atoms in total. The lowest BCUT2D eigenvalue weighted by Gasteiger charge is -2.25. The Morgan fingerprint density at radius 3 is 2.50 bits per heavy atom. The molecule has 0 spiro atoms. The zero-order valence-electron chi connectivity index (χ0n) is 10.4. The molecule has 0 aromatic rings. The predicted molar refractivity (Wildman–Crippen MR) is 65.4 cm³/mol. The molecule has 0 fully saturated rings. The molecule has 0 rings (SSSR count). The Labute approximate surface area is 101 Å². The largest absolute Gasteiger partial charge is 0.469 e. The molecule has 0 radical (unpaired) electrons. The minimum absolute atomic E-state index is 0.220. The molecule has 2 N–H and O–H groups in total. The lowest BCUT2D eigenvalue weighted by atomic mass is 9.88. The first-order chi connectivity index (χ1) is 7.33. The van der Waals surface area contributed by atoms with Crippen LogP contribution < -0.4 is 0 Å². The fraction of sp³-hybridized carbons (Fsp3) is 0.909. The number of carbonyl (C=O) groups is 1. The van der Waals surface area contributed by atoms with Gasteiger partial charge in [0.25, 0.3) is 0 Å². The average molecular weight is 250 g/mol. The number of hydrogen-bond donors (Lipinski definition) is 2. The highest BCUT2D eigenvalue weighted by Gasteiger charge is 2.30. The molecule has 5 heteroatoms. The van der Waals surface area contributed by atoms with Gasteiger partial charge >= 0.3 is 5.97 Å². The van der Waals surface area contributed by atoms with Crippen molar-refractivity contribution in [1.29, 1.82) is 0 Å². The van der Waals surface area contributed by atoms with E-state index in [2.05, 4.69) is 0 Å². The van der Waals surface area contributed by atoms with Gasteiger partial charge in [0.1, 0.15) is 0 Å². The van der Waals surface area contributed by atoms with Crippen molar-refractivity contribution < 1.29 is 19.7 Å². The number of ether oxygens (including phenoxy) is 1. The molecule has 0 aliphatic rings. The smallest absolute Gasteiger partial charge is 0.311 e. The van der Waals surface area contributed by atoms with E-state index in [1.165, 1.54) is 7.11 Å². The van der Waals surface area contributed by atoms with Crippen LogP contribution in [-0.2, 0) is 9.53 Å². The average Bonchev–Trinajstić information content (AvgIpc) is 2.23. The van der Waals surface area contributed by atoms with E-state index in [0.29, 0.717) is 12.2 Å². The van der Waals surface area contributed by atoms with Crippen LogP contribution >= 0.6 is 11.8 Å². The topological polar surface area (TPSA) is 66.8 Å². The first-order valence-corrected chi connectivity index (χ1v) is 6.37. The number of hydrogen-bond acceptors (Lipinski definition) is 5. The summed E-state index contributed by atoms with van der Waals surface area (Å²) in [6.07, 6.45) is -0.00337. The maximum Gasteiger partial charge on any atom is 0.311 e. The number of carbonyl (C=O) groups excluding carboxylic acids is 1. The van der Waals surface area contributed by atoms with Gasteiger partial charge in [-0.15, -0.1) is 0 Å². The molecule has 0 saturated carbocycles. The number of rotatable bonds is 7. The Balaban J connectivity index is 4.03. The highest BCUT2D eigenvalue weighted by molar-refractivity contribution is 7.99. The molecule has 16 heavy (non-hydrogen) atoms. The van der Waals surface area contributed by atoms with Gasteiger partial charge in [0.2, 0.25) is 0 Å². The Morgan fingerprint density at radius 1 is 1.50 bits per heavy atom. The number of thioether (sulfide) groups is 1. The lowest BCUT2D eigenvalue weighted by molar-refractivity contribution is -0.151. The molecule has 0 heterocycles. The van der Waals surface area contributed by atoms with Crippen LogP contribution in [0.1, 0.15) is 27.2 Å². The zero-order valence-corrected chi connectivity index (χ0v) is 11.2. The van der Waals surface area contributed by atoms with Crippen LogP contribution in [0.25, 0.3) is 0 Å². The molecular formula is C11H22O4S. The van der Waals surface area contributed by atoms with Crippen molar-refractivity contribution in [3.8, 4) is 0 Å². The Morgan fingerprint density at radius 2 is 2.06 bits per heavy atom. The molecular weight excluding hydrogens is 228 g/mol. The summed E-state index contributed by atoms with van der Waals surface area (Å²) in [5.74, 6) is 0.261. The molecule has 0 bridgehead atoms. The standard InChI is InChI=1S/C11H22O4S/c1-8(16-7-9(13)6-12)5-11(2,3)10(14)15-4/h8-9,12-13H,5-7H2,1-4H3/t8-,9?/m0/s1. The van der Waals surface area contributed by atoms with Crippen LogP contribution in [0.15, 0.2) is 0 Å². The molecule has 96 valence electrons. The molecule has 2 atom stereocenters. The first-order valence-electron chi connectivity index (χ1n) is 5.32. The van der Waals surface area contributed by atoms with E-state index < -0.39 is 11.5 Å². The van der Waals surface area contributed by atoms with Crippen LogP contribution in [0.2, 0.25) is 0 Å². The Kier molecular flexibility index (Phi) is 7.03. The van der Waals surface area contributed by atoms with Crippen LogP contribution in [0.4, 0.5) is 0 Å². The van der Waals surface area contributed by atoms with Gasteiger partial charge < -0.3 is 14.9 Å². The van der Waals surface area contributed by atoms with Gasteiger partial charge in [0.05, 0.1) is 25.2 Å². The van der Waals surface area contributed by atoms with E-state index >= 15 is 0 Å². The lowest BCUT2D eigenvalue weighted by Crippen LogP contribution is -2.29. The fourth-order valence-electron chi connectivity index (χ4n) is 1.47. The second-order valence-electron chi connectivity index (χ2n) is 4.56. The molecule has 0 aliphatic carbocycles. The van der Waals surface area contributed by atoms with Gasteiger partial charge in [0.15, 0.2) is 0 Å². The fourth-order valence-corrected chi connectivity index (χ4v) is 2.66. The van der Waals surface area contributed by atoms with E-state index in [4.69, 9.17) is 9.84 Å². The minimum atomic E-state index is -0.686. The number of aliphatic hydroxyl groups excluding tert-OH is 2. The number of aliphatic hydroxyl groups is 2. The summed E-state index contributed by atoms with van der Waals surface area (Å²) >= 11 is 1.55. The predicted octanol–water partition coefficient (Wildman–Crippen LogP) is 1.05. The third-order valence-electron chi connectivity index (χ3n) is 2.32. The summed E-state index contributed by atoms with van der Waals surface area (Å²) in [5, 5.41) is 18.1. The van der Waals surface area contributed by atoms with Gasteiger partial charge in [0, 0.05) is 11.0 Å². The number of methoxy groups -OCH3 is 1. The Bertz CT molecular complexity index is 218. The normalized spacial score (nSPS) is 15.6. The molecule has 0 saturated heterocycles. The van der Waals surface area contributed by atoms with E-state index in [-0.39, 0.29) is 17.8 Å². The van der Waals surface area contributed by atoms with E-state index in [1.807, 2.05) is 20.8 Å². The highest BCUT2D eigenvalue weighted by atomic mass is 32.2. The summed E-state index contributed by atoms with van der Waals surface area (Å²) in [6.45, 7) is 5.47. The highest BCUT2D eigenvalue weighted by Crippen LogP contribution is 2.29. The molecule has 0 aromatic carbocycles. The van der Waals surface area contributed by atoms with Gasteiger partial charge in [-0.2, -0.15) is 11.8 Å². The van der Waals surface area contributed by atoms with Crippen molar-refractivity contribution in [3.05, 3.63) is 0 Å². The second kappa shape index (κ2) is 7.14. The summed E-state index contributed by atoms with van der Waals surface area (Å²) in [7, 11) is 1.39. The van der Waals surface area contributed by atoms with Crippen molar-refractivity contribution in [2.45, 2.75) is 38.5 Å². The van der Waals surface area contributed by atoms with Crippen molar-refractivity contribution in [2.24, 2.45) is 5.41 Å². The van der Waals surface area contributed by atoms with Gasteiger partial charge in [-0.25, -0.2) is 0 Å². The monoisotopic (exact) mass is 250 g/mol. The van der Waals surface area contributed by atoms with E-state index in [9.17, 15) is 9.90 Å². The van der Waals surface area contributed by atoms with Crippen LogP contribution in [0.3, 0.4) is 0 Å². The third-order valence-corrected chi connectivity index (χ3v) is 3.63. The van der Waals surface area contributed by atoms with E-state index in [1.54, 1.807) is 11.8 Å². The van der Waals surface area contributed by atoms with E-state index in [0.717, 1.165) is 0 Å². The molecule has 0 aliphatic heterocycles. The third kappa shape index (κ3) is 5.72. The Hall–Kier alpha value is -0.260. The van der Waals surface area contributed by atoms with Crippen molar-refractivity contribution in [2.75, 3.05) is 19.5 Å². The second-order valence-corrected chi connectivity index (χ2v) is 6.03. The quantitative estimate of drug-likeness (QED) is 0.661. The summed E-state index contributed by atoms with van der Waals surface area (Å²) in [6, 6.07) is 0. The van der Waals surface area contributed by atoms with Crippen molar-refractivity contribution in [3.63, 3.8) is 0 Å². The molecule has 1 unspecified atom stereocenters. The van der Waals surface area contributed by atoms with Gasteiger partial charge in [-0.3, -0.25) is 4.79 Å². The van der Waals surface area contributed by atoms with Gasteiger partial charge in [-0.05, 0) is 20.3 Å². The minimum Gasteiger partial charge on any atom is -0.469 e. The van der Waals surface area contributed by atoms with Crippen LogP contribution in [0, 0.1) is 5.41 Å². The zero-order chi connectivity index (χ0) is 12.8. The molecule has 0 aromatic heterocycles. The summed E-state index contributed by atoms with van der Waals surface area (Å²) in [5.41, 5.74) is -0.509. The first kappa shape index (κ1) is 15.7. The van der Waals surface area contributed by atoms with Crippen LogP contribution in [-0.4, -0.2) is 47.0 Å². The van der Waals surface area contributed by atoms with Gasteiger partial charge in [-0.1, -0.05) is 6.92 Å². The molecule has 0 amide bonds. The summed E-state index contributed by atoms with van der Waals surface area (Å²) < 4.78 is 4.73. The summed E-state index contributed by atoms with van der Waals surface area (Å²) in [4.78, 5) is 11.4. The maximum atomic E-state index is 11.4. The van der Waals surface area contributed by atoms with Crippen molar-refractivity contribution >= 4 is 17.7 Å². The maximum absolute atomic E-state index is 11.4. The van der Waals surface area contributed by atoms with Crippen LogP contribution in [0.5, 0.6) is 0 Å². The number of esters is 1.